The first kappa shape index (κ1) is 21.1. The third-order valence-corrected chi connectivity index (χ3v) is 6.21. The number of hydrogen-bond acceptors (Lipinski definition) is 1. The average Bonchev–Trinajstić information content (AvgIpc) is 2.51. The second kappa shape index (κ2) is 8.95. The maximum Gasteiger partial charge on any atom is 0.129 e. The normalized spacial score (nSPS) is 12.1. The van der Waals surface area contributed by atoms with Crippen molar-refractivity contribution in [3.05, 3.63) is 53.3 Å². The highest BCUT2D eigenvalue weighted by molar-refractivity contribution is 6.85. The number of methoxy groups -OCH3 is 1. The summed E-state index contributed by atoms with van der Waals surface area (Å²) in [4.78, 5) is 0. The summed E-state index contributed by atoms with van der Waals surface area (Å²) in [6.07, 6.45) is 2.72. The van der Waals surface area contributed by atoms with Crippen molar-refractivity contribution in [3.63, 3.8) is 0 Å². The highest BCUT2D eigenvalue weighted by atomic mass is 28.3. The third kappa shape index (κ3) is 7.65. The zero-order chi connectivity index (χ0) is 19.1. The van der Waals surface area contributed by atoms with Crippen LogP contribution >= 0.6 is 0 Å². The summed E-state index contributed by atoms with van der Waals surface area (Å²) in [5, 5.41) is 1.23. The van der Waals surface area contributed by atoms with Crippen molar-refractivity contribution in [1.82, 2.24) is 0 Å². The van der Waals surface area contributed by atoms with Gasteiger partial charge in [-0.2, -0.15) is 0 Å². The molecule has 1 aromatic carbocycles. The molecule has 1 nitrogen and oxygen atoms in total. The van der Waals surface area contributed by atoms with Gasteiger partial charge in [0.1, 0.15) is 13.8 Å². The lowest BCUT2D eigenvalue weighted by Crippen LogP contribution is -2.25. The molecular weight excluding hydrogens is 336 g/mol. The van der Waals surface area contributed by atoms with Gasteiger partial charge in [-0.3, -0.25) is 0 Å². The van der Waals surface area contributed by atoms with Crippen molar-refractivity contribution >= 4 is 16.1 Å². The Labute approximate surface area is 156 Å². The van der Waals surface area contributed by atoms with E-state index >= 15 is 0 Å². The van der Waals surface area contributed by atoms with Crippen LogP contribution in [0.25, 0.3) is 0 Å². The van der Waals surface area contributed by atoms with Crippen molar-refractivity contribution in [2.45, 2.75) is 45.7 Å². The summed E-state index contributed by atoms with van der Waals surface area (Å²) in [5.74, 6) is 11.1. The number of benzene rings is 1. The molecule has 0 unspecified atom stereocenters. The number of rotatable bonds is 4. The molecule has 0 aliphatic rings. The van der Waals surface area contributed by atoms with E-state index < -0.39 is 16.1 Å². The molecule has 0 radical (unpaired) electrons. The Bertz CT molecular complexity index is 749. The van der Waals surface area contributed by atoms with Crippen molar-refractivity contribution in [3.8, 4) is 29.1 Å². The predicted octanol–water partition coefficient (Wildman–Crippen LogP) is 5.68. The molecule has 0 spiro atoms. The van der Waals surface area contributed by atoms with Crippen molar-refractivity contribution < 1.29 is 4.74 Å². The Morgan fingerprint density at radius 3 is 2.08 bits per heavy atom. The molecule has 0 bridgehead atoms. The minimum Gasteiger partial charge on any atom is -0.497 e. The smallest absolute Gasteiger partial charge is 0.129 e. The van der Waals surface area contributed by atoms with Gasteiger partial charge >= 0.3 is 0 Å². The average molecular weight is 367 g/mol. The van der Waals surface area contributed by atoms with Gasteiger partial charge in [-0.05, 0) is 35.9 Å². The molecule has 0 aromatic heterocycles. The maximum absolute atomic E-state index is 5.21. The molecule has 0 saturated heterocycles. The molecule has 0 fully saturated rings. The highest BCUT2D eigenvalue weighted by Gasteiger charge is 2.21. The van der Waals surface area contributed by atoms with Gasteiger partial charge in [-0.15, -0.1) is 12.1 Å². The van der Waals surface area contributed by atoms with Crippen LogP contribution in [0.3, 0.4) is 0 Å². The largest absolute Gasteiger partial charge is 0.497 e. The Balaban J connectivity index is 3.41. The molecule has 132 valence electrons. The first-order valence-electron chi connectivity index (χ1n) is 8.60. The first-order valence-corrected chi connectivity index (χ1v) is 15.6. The summed E-state index contributed by atoms with van der Waals surface area (Å²) < 4.78 is 5.21. The van der Waals surface area contributed by atoms with E-state index in [1.54, 1.807) is 7.11 Å². The Kier molecular flexibility index (Phi) is 7.55. The van der Waals surface area contributed by atoms with Crippen LogP contribution in [0.15, 0.2) is 47.7 Å². The number of allylic oxidation sites excluding steroid dienone is 3. The molecule has 0 aliphatic carbocycles. The van der Waals surface area contributed by atoms with Gasteiger partial charge in [0.15, 0.2) is 0 Å². The van der Waals surface area contributed by atoms with Gasteiger partial charge in [-0.1, -0.05) is 63.1 Å². The Hall–Kier alpha value is -1.95. The summed E-state index contributed by atoms with van der Waals surface area (Å²) >= 11 is 0. The van der Waals surface area contributed by atoms with Crippen LogP contribution in [0.1, 0.15) is 12.0 Å². The lowest BCUT2D eigenvalue weighted by Gasteiger charge is -2.18. The van der Waals surface area contributed by atoms with Gasteiger partial charge < -0.3 is 4.74 Å². The van der Waals surface area contributed by atoms with E-state index in [0.717, 1.165) is 23.3 Å². The van der Waals surface area contributed by atoms with Gasteiger partial charge in [0.05, 0.1) is 15.2 Å². The summed E-state index contributed by atoms with van der Waals surface area (Å²) in [5.41, 5.74) is 5.64. The van der Waals surface area contributed by atoms with Crippen LogP contribution in [-0.2, 0) is 0 Å². The topological polar surface area (TPSA) is 9.23 Å². The van der Waals surface area contributed by atoms with E-state index in [1.807, 2.05) is 30.3 Å². The van der Waals surface area contributed by atoms with E-state index in [9.17, 15) is 0 Å². The van der Waals surface area contributed by atoms with Crippen molar-refractivity contribution in [2.75, 3.05) is 7.11 Å². The Morgan fingerprint density at radius 1 is 1.04 bits per heavy atom. The van der Waals surface area contributed by atoms with Gasteiger partial charge in [0, 0.05) is 11.1 Å². The van der Waals surface area contributed by atoms with E-state index in [2.05, 4.69) is 69.2 Å². The van der Waals surface area contributed by atoms with E-state index in [1.165, 1.54) is 5.20 Å². The van der Waals surface area contributed by atoms with Gasteiger partial charge in [-0.25, -0.2) is 0 Å². The van der Waals surface area contributed by atoms with E-state index in [-0.39, 0.29) is 0 Å². The summed E-state index contributed by atoms with van der Waals surface area (Å²) in [6.45, 7) is 17.7. The van der Waals surface area contributed by atoms with Crippen LogP contribution in [0.4, 0.5) is 0 Å². The highest BCUT2D eigenvalue weighted by Crippen LogP contribution is 2.21. The first-order chi connectivity index (χ1) is 11.6. The van der Waals surface area contributed by atoms with Gasteiger partial charge in [0.25, 0.3) is 0 Å². The van der Waals surface area contributed by atoms with Crippen LogP contribution in [0.2, 0.25) is 39.3 Å². The zero-order valence-corrected chi connectivity index (χ0v) is 18.7. The van der Waals surface area contributed by atoms with E-state index in [0.29, 0.717) is 0 Å². The predicted molar refractivity (Wildman–Crippen MR) is 116 cm³/mol. The van der Waals surface area contributed by atoms with Crippen LogP contribution in [-0.4, -0.2) is 23.3 Å². The lowest BCUT2D eigenvalue weighted by atomic mass is 10.1. The molecule has 0 heterocycles. The molecule has 0 atom stereocenters. The van der Waals surface area contributed by atoms with E-state index in [4.69, 9.17) is 4.74 Å². The molecular formula is C22H30OSi2. The fraction of sp³-hybridized carbons (Fsp3) is 0.364. The maximum atomic E-state index is 5.21. The van der Waals surface area contributed by atoms with Crippen molar-refractivity contribution in [1.29, 1.82) is 0 Å². The Morgan fingerprint density at radius 2 is 1.64 bits per heavy atom. The third-order valence-electron chi connectivity index (χ3n) is 3.41. The molecule has 0 N–H and O–H groups in total. The molecule has 25 heavy (non-hydrogen) atoms. The fourth-order valence-electron chi connectivity index (χ4n) is 2.15. The lowest BCUT2D eigenvalue weighted by molar-refractivity contribution is 0.415. The summed E-state index contributed by atoms with van der Waals surface area (Å²) in [7, 11) is -1.36. The standard InChI is InChI=1S/C22H30OSi2/c1-9-10-20(17-18-24(3,4)5)22(25(6,7)8)16-13-19-11-14-21(23-2)15-12-19/h9,11-12,14-15H,1,10H2,2-8H3/b22-20-. The minimum atomic E-state index is -1.61. The number of ether oxygens (including phenoxy) is 1. The number of hydrogen-bond donors (Lipinski definition) is 0. The second-order valence-corrected chi connectivity index (χ2v) is 17.8. The molecule has 1 aromatic rings. The summed E-state index contributed by atoms with van der Waals surface area (Å²) in [6, 6.07) is 7.87. The molecule has 1 rings (SSSR count). The second-order valence-electron chi connectivity index (χ2n) is 8.07. The molecule has 0 saturated carbocycles. The monoisotopic (exact) mass is 366 g/mol. The molecule has 0 aliphatic heterocycles. The quantitative estimate of drug-likeness (QED) is 0.378. The van der Waals surface area contributed by atoms with Crippen LogP contribution < -0.4 is 4.74 Å². The van der Waals surface area contributed by atoms with Crippen LogP contribution in [0.5, 0.6) is 5.75 Å². The molecule has 3 heteroatoms. The van der Waals surface area contributed by atoms with Crippen LogP contribution in [0, 0.1) is 23.3 Å². The minimum absolute atomic E-state index is 0.786. The van der Waals surface area contributed by atoms with Crippen molar-refractivity contribution in [2.24, 2.45) is 0 Å². The molecule has 0 amide bonds. The zero-order valence-electron chi connectivity index (χ0n) is 16.7. The van der Waals surface area contributed by atoms with Gasteiger partial charge in [0.2, 0.25) is 0 Å². The fourth-order valence-corrected chi connectivity index (χ4v) is 4.18. The SMILES string of the molecule is C=CC/C(C#C[Si](C)(C)C)=C(\C#Cc1ccc(OC)cc1)[Si](C)(C)C.